The van der Waals surface area contributed by atoms with E-state index in [0.717, 1.165) is 30.5 Å². The van der Waals surface area contributed by atoms with Crippen molar-refractivity contribution in [3.63, 3.8) is 0 Å². The van der Waals surface area contributed by atoms with E-state index in [-0.39, 0.29) is 18.6 Å². The quantitative estimate of drug-likeness (QED) is 0.421. The van der Waals surface area contributed by atoms with E-state index in [4.69, 9.17) is 9.47 Å². The maximum absolute atomic E-state index is 13.1. The van der Waals surface area contributed by atoms with Gasteiger partial charge in [-0.3, -0.25) is 9.78 Å². The number of nitrogens with zero attached hydrogens (tertiary/aromatic N) is 7. The smallest absolute Gasteiger partial charge is 0.269 e. The van der Waals surface area contributed by atoms with Crippen molar-refractivity contribution in [1.82, 2.24) is 34.7 Å². The molecule has 4 aromatic rings. The highest BCUT2D eigenvalue weighted by Crippen LogP contribution is 2.26. The normalized spacial score (nSPS) is 14.5. The molecule has 0 unspecified atom stereocenters. The lowest BCUT2D eigenvalue weighted by molar-refractivity contribution is -0.128. The molecule has 174 valence electrons. The van der Waals surface area contributed by atoms with Crippen LogP contribution in [0.15, 0.2) is 43.2 Å². The summed E-state index contributed by atoms with van der Waals surface area (Å²) in [5.41, 5.74) is 2.22. The summed E-state index contributed by atoms with van der Waals surface area (Å²) in [6, 6.07) is 3.80. The molecule has 0 radical (unpaired) electrons. The van der Waals surface area contributed by atoms with E-state index >= 15 is 0 Å². The molecule has 11 nitrogen and oxygen atoms in total. The lowest BCUT2D eigenvalue weighted by Crippen LogP contribution is -2.39. The van der Waals surface area contributed by atoms with Gasteiger partial charge in [0, 0.05) is 6.20 Å². The van der Waals surface area contributed by atoms with Crippen LogP contribution in [0.2, 0.25) is 0 Å². The molecule has 0 saturated heterocycles. The minimum Gasteiger partial charge on any atom is -0.461 e. The highest BCUT2D eigenvalue weighted by atomic mass is 16.5. The first-order valence-electron chi connectivity index (χ1n) is 11.1. The second-order valence-electron chi connectivity index (χ2n) is 8.14. The molecule has 4 heterocycles. The van der Waals surface area contributed by atoms with Gasteiger partial charge in [-0.2, -0.15) is 9.78 Å². The van der Waals surface area contributed by atoms with Gasteiger partial charge in [0.2, 0.25) is 12.0 Å². The Bertz CT molecular complexity index is 1300. The van der Waals surface area contributed by atoms with Crippen molar-refractivity contribution in [1.29, 1.82) is 0 Å². The average Bonchev–Trinajstić information content (AvgIpc) is 3.24. The fourth-order valence-corrected chi connectivity index (χ4v) is 3.49. The zero-order valence-electron chi connectivity index (χ0n) is 18.9. The summed E-state index contributed by atoms with van der Waals surface area (Å²) in [5.74, 6) is 0.816. The van der Waals surface area contributed by atoms with Gasteiger partial charge >= 0.3 is 0 Å². The van der Waals surface area contributed by atoms with Gasteiger partial charge in [0.1, 0.15) is 11.7 Å². The molecule has 4 aromatic heterocycles. The van der Waals surface area contributed by atoms with Crippen molar-refractivity contribution in [3.05, 3.63) is 54.5 Å². The van der Waals surface area contributed by atoms with Crippen molar-refractivity contribution in [2.24, 2.45) is 0 Å². The summed E-state index contributed by atoms with van der Waals surface area (Å²) in [5, 5.41) is 7.74. The maximum atomic E-state index is 13.1. The average molecular weight is 460 g/mol. The van der Waals surface area contributed by atoms with Gasteiger partial charge in [0.15, 0.2) is 17.3 Å². The topological polar surface area (TPSA) is 130 Å². The Kier molecular flexibility index (Phi) is 6.09. The highest BCUT2D eigenvalue weighted by molar-refractivity contribution is 5.94. The molecule has 0 bridgehead atoms. The van der Waals surface area contributed by atoms with Gasteiger partial charge in [0.25, 0.3) is 5.91 Å². The number of amides is 1. The molecule has 5 rings (SSSR count). The van der Waals surface area contributed by atoms with Crippen LogP contribution in [0.3, 0.4) is 0 Å². The standard InChI is InChI=1S/C23H24N8O3/c1-14-5-4-8-24-20(14)31-21-17(10-29-31)23(28-13-27-21)34-18(12-33-16-6-3-7-16)22(32)30-19-11-25-15(2)9-26-19/h4-5,8-11,13,16,18H,3,6-7,12H2,1-2H3,(H,26,30,32)/t18-/m0/s1. The van der Waals surface area contributed by atoms with Gasteiger partial charge in [-0.05, 0) is 44.7 Å². The molecule has 11 heteroatoms. The predicted octanol–water partition coefficient (Wildman–Crippen LogP) is 2.57. The monoisotopic (exact) mass is 460 g/mol. The van der Waals surface area contributed by atoms with Crippen LogP contribution in [0.1, 0.15) is 30.5 Å². The van der Waals surface area contributed by atoms with Gasteiger partial charge < -0.3 is 14.8 Å². The number of aryl methyl sites for hydroxylation is 2. The lowest BCUT2D eigenvalue weighted by atomic mass is 9.96. The number of carbonyl (C=O) groups is 1. The second-order valence-corrected chi connectivity index (χ2v) is 8.14. The van der Waals surface area contributed by atoms with E-state index in [2.05, 4.69) is 35.3 Å². The van der Waals surface area contributed by atoms with Crippen LogP contribution in [0.4, 0.5) is 5.82 Å². The third kappa shape index (κ3) is 4.55. The molecule has 1 saturated carbocycles. The van der Waals surface area contributed by atoms with E-state index in [1.807, 2.05) is 26.0 Å². The first-order chi connectivity index (χ1) is 16.6. The van der Waals surface area contributed by atoms with Crippen LogP contribution in [-0.4, -0.2) is 59.4 Å². The molecule has 0 aliphatic heterocycles. The summed E-state index contributed by atoms with van der Waals surface area (Å²) < 4.78 is 13.6. The Morgan fingerprint density at radius 2 is 2.03 bits per heavy atom. The highest BCUT2D eigenvalue weighted by Gasteiger charge is 2.27. The summed E-state index contributed by atoms with van der Waals surface area (Å²) >= 11 is 0. The SMILES string of the molecule is Cc1cnc(NC(=O)[C@H](COC2CCC2)Oc2ncnc3c2cnn3-c2ncccc2C)cn1. The Labute approximate surface area is 195 Å². The number of aromatic nitrogens is 7. The van der Waals surface area contributed by atoms with Crippen LogP contribution in [0.5, 0.6) is 5.88 Å². The van der Waals surface area contributed by atoms with E-state index in [0.29, 0.717) is 22.7 Å². The van der Waals surface area contributed by atoms with Crippen LogP contribution in [-0.2, 0) is 9.53 Å². The maximum Gasteiger partial charge on any atom is 0.269 e. The number of carbonyl (C=O) groups excluding carboxylic acids is 1. The molecule has 1 aliphatic rings. The Balaban J connectivity index is 1.41. The molecule has 0 spiro atoms. The number of hydrogen-bond acceptors (Lipinski definition) is 9. The zero-order valence-corrected chi connectivity index (χ0v) is 18.9. The summed E-state index contributed by atoms with van der Waals surface area (Å²) in [7, 11) is 0. The number of anilines is 1. The number of fused-ring (bicyclic) bond motifs is 1. The van der Waals surface area contributed by atoms with E-state index in [9.17, 15) is 4.79 Å². The van der Waals surface area contributed by atoms with E-state index in [1.165, 1.54) is 12.5 Å². The molecule has 34 heavy (non-hydrogen) atoms. The van der Waals surface area contributed by atoms with Crippen LogP contribution in [0, 0.1) is 13.8 Å². The van der Waals surface area contributed by atoms with Gasteiger partial charge in [-0.15, -0.1) is 0 Å². The second kappa shape index (κ2) is 9.48. The first-order valence-corrected chi connectivity index (χ1v) is 11.1. The van der Waals surface area contributed by atoms with Gasteiger partial charge in [-0.1, -0.05) is 6.07 Å². The minimum absolute atomic E-state index is 0.0781. The summed E-state index contributed by atoms with van der Waals surface area (Å²) in [6.45, 7) is 3.85. The van der Waals surface area contributed by atoms with Crippen LogP contribution < -0.4 is 10.1 Å². The molecular weight excluding hydrogens is 436 g/mol. The number of pyridine rings is 1. The summed E-state index contributed by atoms with van der Waals surface area (Å²) in [6.07, 6.45) is 10.0. The van der Waals surface area contributed by atoms with Gasteiger partial charge in [0.05, 0.1) is 37.0 Å². The zero-order chi connectivity index (χ0) is 23.5. The van der Waals surface area contributed by atoms with E-state index < -0.39 is 12.0 Å². The van der Waals surface area contributed by atoms with E-state index in [1.54, 1.807) is 23.3 Å². The van der Waals surface area contributed by atoms with Crippen molar-refractivity contribution >= 4 is 22.8 Å². The Morgan fingerprint density at radius 1 is 1.15 bits per heavy atom. The largest absolute Gasteiger partial charge is 0.461 e. The van der Waals surface area contributed by atoms with Crippen molar-refractivity contribution in [3.8, 4) is 11.7 Å². The molecule has 1 fully saturated rings. The Morgan fingerprint density at radius 3 is 2.76 bits per heavy atom. The van der Waals surface area contributed by atoms with Crippen molar-refractivity contribution in [2.45, 2.75) is 45.3 Å². The molecule has 1 N–H and O–H groups in total. The fourth-order valence-electron chi connectivity index (χ4n) is 3.49. The van der Waals surface area contributed by atoms with Crippen LogP contribution >= 0.6 is 0 Å². The fraction of sp³-hybridized carbons (Fsp3) is 0.348. The number of ether oxygens (including phenoxy) is 2. The molecular formula is C23H24N8O3. The molecule has 1 atom stereocenters. The molecule has 1 amide bonds. The van der Waals surface area contributed by atoms with Crippen LogP contribution in [0.25, 0.3) is 16.9 Å². The number of hydrogen-bond donors (Lipinski definition) is 1. The predicted molar refractivity (Wildman–Crippen MR) is 123 cm³/mol. The van der Waals surface area contributed by atoms with Crippen molar-refractivity contribution < 1.29 is 14.3 Å². The van der Waals surface area contributed by atoms with Crippen molar-refractivity contribution in [2.75, 3.05) is 11.9 Å². The number of nitrogens with one attached hydrogen (secondary N) is 1. The molecule has 1 aliphatic carbocycles. The summed E-state index contributed by atoms with van der Waals surface area (Å²) in [4.78, 5) is 34.5. The first kappa shape index (κ1) is 21.8. The lowest BCUT2D eigenvalue weighted by Gasteiger charge is -2.27. The minimum atomic E-state index is -0.957. The third-order valence-electron chi connectivity index (χ3n) is 5.63. The third-order valence-corrected chi connectivity index (χ3v) is 5.63. The molecule has 0 aromatic carbocycles. The van der Waals surface area contributed by atoms with Gasteiger partial charge in [-0.25, -0.2) is 19.9 Å². The number of rotatable bonds is 8. The Hall–Kier alpha value is -3.99.